The molecule has 10 rings (SSSR count). The topological polar surface area (TPSA) is 48.0 Å². The first kappa shape index (κ1) is 21.3. The van der Waals surface area contributed by atoms with Crippen molar-refractivity contribution in [1.29, 1.82) is 0 Å². The van der Waals surface area contributed by atoms with Crippen LogP contribution in [0.4, 0.5) is 0 Å². The highest BCUT2D eigenvalue weighted by atomic mass is 15.1. The first-order valence-corrected chi connectivity index (χ1v) is 13.9. The molecular formula is C36H21N5. The summed E-state index contributed by atoms with van der Waals surface area (Å²) >= 11 is 0. The first-order valence-electron chi connectivity index (χ1n) is 13.9. The fraction of sp³-hybridized carbons (Fsp3) is 0.0278. The Hall–Kier alpha value is -5.55. The average molecular weight is 524 g/mol. The zero-order valence-electron chi connectivity index (χ0n) is 21.9. The number of fused-ring (bicyclic) bond motifs is 15. The Morgan fingerprint density at radius 1 is 0.561 bits per heavy atom. The van der Waals surface area contributed by atoms with Crippen LogP contribution in [0.15, 0.2) is 116 Å². The third-order valence-corrected chi connectivity index (χ3v) is 8.83. The zero-order chi connectivity index (χ0) is 26.7. The van der Waals surface area contributed by atoms with E-state index in [9.17, 15) is 0 Å². The number of pyridine rings is 3. The fourth-order valence-electron chi connectivity index (χ4n) is 7.15. The average Bonchev–Trinajstić information content (AvgIpc) is 3.69. The molecule has 0 fully saturated rings. The van der Waals surface area contributed by atoms with Gasteiger partial charge in [-0.2, -0.15) is 0 Å². The van der Waals surface area contributed by atoms with Crippen LogP contribution in [0.3, 0.4) is 0 Å². The van der Waals surface area contributed by atoms with E-state index in [1.54, 1.807) is 0 Å². The van der Waals surface area contributed by atoms with Crippen molar-refractivity contribution >= 4 is 60.4 Å². The zero-order valence-corrected chi connectivity index (χ0v) is 21.9. The van der Waals surface area contributed by atoms with E-state index >= 15 is 0 Å². The lowest BCUT2D eigenvalue weighted by molar-refractivity contribution is 1.18. The second-order valence-corrected chi connectivity index (χ2v) is 10.9. The van der Waals surface area contributed by atoms with E-state index in [0.717, 1.165) is 34.3 Å². The minimum atomic E-state index is 0.745. The predicted molar refractivity (Wildman–Crippen MR) is 166 cm³/mol. The molecule has 5 heterocycles. The highest BCUT2D eigenvalue weighted by Gasteiger charge is 2.26. The van der Waals surface area contributed by atoms with E-state index < -0.39 is 0 Å². The number of benzene rings is 4. The molecule has 0 atom stereocenters. The highest BCUT2D eigenvalue weighted by molar-refractivity contribution is 6.17. The molecule has 0 N–H and O–H groups in total. The van der Waals surface area contributed by atoms with Crippen LogP contribution in [0.5, 0.6) is 0 Å². The maximum Gasteiger partial charge on any atom is 0.178 e. The van der Waals surface area contributed by atoms with Gasteiger partial charge in [0, 0.05) is 39.6 Å². The molecule has 0 amide bonds. The quantitative estimate of drug-likeness (QED) is 0.204. The minimum absolute atomic E-state index is 0.745. The number of rotatable bonds is 1. The molecular weight excluding hydrogens is 502 g/mol. The minimum Gasteiger partial charge on any atom is -0.309 e. The van der Waals surface area contributed by atoms with Gasteiger partial charge in [-0.3, -0.25) is 4.40 Å². The molecule has 1 aliphatic rings. The highest BCUT2D eigenvalue weighted by Crippen LogP contribution is 2.46. The Morgan fingerprint density at radius 2 is 1.37 bits per heavy atom. The molecule has 0 saturated carbocycles. The summed E-state index contributed by atoms with van der Waals surface area (Å²) in [5.74, 6) is 0. The Bertz CT molecular complexity index is 2550. The molecule has 0 radical (unpaired) electrons. The second kappa shape index (κ2) is 7.55. The van der Waals surface area contributed by atoms with Gasteiger partial charge < -0.3 is 4.57 Å². The summed E-state index contributed by atoms with van der Waals surface area (Å²) in [6.07, 6.45) is 4.53. The molecule has 0 aliphatic heterocycles. The lowest BCUT2D eigenvalue weighted by Crippen LogP contribution is -1.96. The maximum atomic E-state index is 5.08. The van der Waals surface area contributed by atoms with Crippen LogP contribution >= 0.6 is 0 Å². The lowest BCUT2D eigenvalue weighted by atomic mass is 9.98. The molecule has 5 heteroatoms. The van der Waals surface area contributed by atoms with Gasteiger partial charge in [0.1, 0.15) is 11.3 Å². The number of para-hydroxylation sites is 2. The largest absolute Gasteiger partial charge is 0.309 e. The molecule has 5 aromatic heterocycles. The van der Waals surface area contributed by atoms with E-state index in [2.05, 4.69) is 105 Å². The fourth-order valence-corrected chi connectivity index (χ4v) is 7.15. The van der Waals surface area contributed by atoms with Gasteiger partial charge in [0.2, 0.25) is 0 Å². The van der Waals surface area contributed by atoms with Gasteiger partial charge >= 0.3 is 0 Å². The van der Waals surface area contributed by atoms with Gasteiger partial charge in [-0.25, -0.2) is 15.0 Å². The van der Waals surface area contributed by atoms with Crippen LogP contribution in [0.2, 0.25) is 0 Å². The molecule has 0 unspecified atom stereocenters. The Labute approximate surface area is 234 Å². The molecule has 5 nitrogen and oxygen atoms in total. The summed E-state index contributed by atoms with van der Waals surface area (Å²) in [7, 11) is 0. The van der Waals surface area contributed by atoms with Crippen molar-refractivity contribution in [3.8, 4) is 16.8 Å². The number of nitrogens with zero attached hydrogens (tertiary/aromatic N) is 5. The Kier molecular flexibility index (Phi) is 3.92. The second-order valence-electron chi connectivity index (χ2n) is 10.9. The summed E-state index contributed by atoms with van der Waals surface area (Å²) in [4.78, 5) is 14.5. The summed E-state index contributed by atoms with van der Waals surface area (Å²) in [5.41, 5.74) is 12.5. The van der Waals surface area contributed by atoms with Crippen LogP contribution in [-0.2, 0) is 6.42 Å². The van der Waals surface area contributed by atoms with Gasteiger partial charge in [-0.1, -0.05) is 48.5 Å². The number of aromatic nitrogens is 5. The summed E-state index contributed by atoms with van der Waals surface area (Å²) < 4.78 is 4.59. The standard InChI is InChI=1S/C36H21N5/c1-2-8-22(9-3-1)40-30-12-5-4-10-24(30)28-18-21-19-29-23(27(21)20-32(28)40)14-15-25-26-11-6-17-38-35(26)41-31-13-7-16-37-34(31)39-36(41)33(25)29/h1-18,20H,19H2. The lowest BCUT2D eigenvalue weighted by Gasteiger charge is -2.12. The monoisotopic (exact) mass is 523 g/mol. The van der Waals surface area contributed by atoms with Gasteiger partial charge in [0.15, 0.2) is 5.65 Å². The molecule has 9 aromatic rings. The summed E-state index contributed by atoms with van der Waals surface area (Å²) in [6, 6.07) is 37.0. The van der Waals surface area contributed by atoms with Gasteiger partial charge in [-0.05, 0) is 88.7 Å². The smallest absolute Gasteiger partial charge is 0.178 e. The summed E-state index contributed by atoms with van der Waals surface area (Å²) in [6.45, 7) is 0. The van der Waals surface area contributed by atoms with Crippen molar-refractivity contribution in [1.82, 2.24) is 23.9 Å². The molecule has 0 spiro atoms. The Balaban J connectivity index is 1.34. The predicted octanol–water partition coefficient (Wildman–Crippen LogP) is 8.25. The third-order valence-electron chi connectivity index (χ3n) is 8.83. The van der Waals surface area contributed by atoms with Crippen molar-refractivity contribution in [2.24, 2.45) is 0 Å². The van der Waals surface area contributed by atoms with E-state index in [1.807, 2.05) is 24.5 Å². The molecule has 41 heavy (non-hydrogen) atoms. The van der Waals surface area contributed by atoms with Crippen molar-refractivity contribution in [2.45, 2.75) is 6.42 Å². The van der Waals surface area contributed by atoms with Crippen molar-refractivity contribution in [3.63, 3.8) is 0 Å². The maximum absolute atomic E-state index is 5.08. The SMILES string of the molecule is c1ccc(-n2c3ccccc3c3cc4c(cc32)-c2ccc3c5cccnc5n5c6cccnc6nc5c3c2C4)cc1. The van der Waals surface area contributed by atoms with Gasteiger partial charge in [-0.15, -0.1) is 0 Å². The van der Waals surface area contributed by atoms with Crippen LogP contribution in [0.25, 0.3) is 77.2 Å². The van der Waals surface area contributed by atoms with Crippen LogP contribution in [-0.4, -0.2) is 23.9 Å². The van der Waals surface area contributed by atoms with Gasteiger partial charge in [0.05, 0.1) is 16.6 Å². The van der Waals surface area contributed by atoms with Crippen molar-refractivity contribution in [3.05, 3.63) is 127 Å². The number of hydrogen-bond donors (Lipinski definition) is 0. The van der Waals surface area contributed by atoms with Crippen LogP contribution < -0.4 is 0 Å². The third kappa shape index (κ3) is 2.68. The van der Waals surface area contributed by atoms with E-state index in [0.29, 0.717) is 0 Å². The van der Waals surface area contributed by atoms with Crippen LogP contribution in [0, 0.1) is 0 Å². The van der Waals surface area contributed by atoms with E-state index in [-0.39, 0.29) is 0 Å². The van der Waals surface area contributed by atoms with Crippen LogP contribution in [0.1, 0.15) is 11.1 Å². The molecule has 190 valence electrons. The summed E-state index contributed by atoms with van der Waals surface area (Å²) in [5, 5.41) is 6.07. The number of imidazole rings is 1. The first-order chi connectivity index (χ1) is 20.3. The van der Waals surface area contributed by atoms with E-state index in [4.69, 9.17) is 9.97 Å². The van der Waals surface area contributed by atoms with Crippen molar-refractivity contribution in [2.75, 3.05) is 0 Å². The Morgan fingerprint density at radius 3 is 2.32 bits per heavy atom. The molecule has 0 bridgehead atoms. The molecule has 0 saturated heterocycles. The van der Waals surface area contributed by atoms with E-state index in [1.165, 1.54) is 60.5 Å². The number of hydrogen-bond acceptors (Lipinski definition) is 3. The normalized spacial score (nSPS) is 12.8. The van der Waals surface area contributed by atoms with Gasteiger partial charge in [0.25, 0.3) is 0 Å². The molecule has 4 aromatic carbocycles. The van der Waals surface area contributed by atoms with Crippen molar-refractivity contribution < 1.29 is 0 Å². The molecule has 1 aliphatic carbocycles.